The molecule has 0 aromatic heterocycles. The van der Waals surface area contributed by atoms with Gasteiger partial charge in [-0.05, 0) is 62.9 Å². The van der Waals surface area contributed by atoms with E-state index in [1.54, 1.807) is 6.07 Å². The van der Waals surface area contributed by atoms with Crippen molar-refractivity contribution >= 4 is 21.6 Å². The van der Waals surface area contributed by atoms with Gasteiger partial charge in [0.25, 0.3) is 0 Å². The summed E-state index contributed by atoms with van der Waals surface area (Å²) in [6.07, 6.45) is 3.25. The number of hydrogen-bond donors (Lipinski definition) is 1. The number of carbonyl (C=O) groups is 1. The van der Waals surface area contributed by atoms with Gasteiger partial charge in [-0.15, -0.1) is 0 Å². The lowest BCUT2D eigenvalue weighted by Crippen LogP contribution is -2.33. The Bertz CT molecular complexity index is 946. The number of para-hydroxylation sites is 1. The molecule has 0 spiro atoms. The highest BCUT2D eigenvalue weighted by atomic mass is 32.2. The molecule has 0 saturated carbocycles. The molecule has 0 heterocycles. The van der Waals surface area contributed by atoms with Crippen LogP contribution >= 0.6 is 0 Å². The molecular weight excluding hydrogens is 419 g/mol. The minimum Gasteiger partial charge on any atom is -0.491 e. The molecule has 0 aliphatic rings. The van der Waals surface area contributed by atoms with E-state index in [0.29, 0.717) is 13.0 Å². The zero-order valence-electron chi connectivity index (χ0n) is 18.3. The fraction of sp³-hybridized carbons (Fsp3) is 0.435. The van der Waals surface area contributed by atoms with E-state index < -0.39 is 15.8 Å². The number of carbonyl (C=O) groups excluding carboxylic acids is 1. The highest BCUT2D eigenvalue weighted by Crippen LogP contribution is 2.21. The lowest BCUT2D eigenvalue weighted by molar-refractivity contribution is -0.121. The monoisotopic (exact) mass is 450 g/mol. The van der Waals surface area contributed by atoms with Crippen molar-refractivity contribution in [2.24, 2.45) is 0 Å². The van der Waals surface area contributed by atoms with E-state index in [4.69, 9.17) is 4.74 Å². The predicted molar refractivity (Wildman–Crippen MR) is 121 cm³/mol. The molecule has 2 aromatic rings. The first-order chi connectivity index (χ1) is 14.7. The molecule has 1 N–H and O–H groups in total. The largest absolute Gasteiger partial charge is 0.491 e. The predicted octanol–water partition coefficient (Wildman–Crippen LogP) is 3.91. The minimum atomic E-state index is -3.65. The summed E-state index contributed by atoms with van der Waals surface area (Å²) in [4.78, 5) is 12.1. The summed E-state index contributed by atoms with van der Waals surface area (Å²) in [5.74, 6) is 0.0782. The summed E-state index contributed by atoms with van der Waals surface area (Å²) in [6.45, 7) is 4.54. The fourth-order valence-corrected chi connectivity index (χ4v) is 4.08. The van der Waals surface area contributed by atoms with Crippen LogP contribution in [0, 0.1) is 5.82 Å². The molecule has 170 valence electrons. The zero-order chi connectivity index (χ0) is 22.9. The smallest absolute Gasteiger partial charge is 0.232 e. The average molecular weight is 451 g/mol. The van der Waals surface area contributed by atoms with Gasteiger partial charge in [0.05, 0.1) is 18.0 Å². The van der Waals surface area contributed by atoms with Gasteiger partial charge in [0.1, 0.15) is 11.6 Å². The molecule has 2 rings (SSSR count). The summed E-state index contributed by atoms with van der Waals surface area (Å²) >= 11 is 0. The van der Waals surface area contributed by atoms with Crippen molar-refractivity contribution in [2.45, 2.75) is 45.6 Å². The summed E-state index contributed by atoms with van der Waals surface area (Å²) in [5, 5.41) is 2.85. The van der Waals surface area contributed by atoms with Gasteiger partial charge in [0, 0.05) is 19.5 Å². The van der Waals surface area contributed by atoms with E-state index in [1.165, 1.54) is 23.8 Å². The van der Waals surface area contributed by atoms with Gasteiger partial charge in [0.2, 0.25) is 15.9 Å². The van der Waals surface area contributed by atoms with Gasteiger partial charge in [-0.2, -0.15) is 0 Å². The van der Waals surface area contributed by atoms with Crippen LogP contribution in [0.3, 0.4) is 0 Å². The van der Waals surface area contributed by atoms with Crippen LogP contribution in [0.15, 0.2) is 48.5 Å². The van der Waals surface area contributed by atoms with Crippen molar-refractivity contribution in [1.82, 2.24) is 5.32 Å². The Morgan fingerprint density at radius 3 is 2.39 bits per heavy atom. The zero-order valence-corrected chi connectivity index (χ0v) is 19.1. The number of nitrogens with one attached hydrogen (secondary N) is 1. The first-order valence-electron chi connectivity index (χ1n) is 10.4. The third kappa shape index (κ3) is 8.57. The second-order valence-electron chi connectivity index (χ2n) is 7.65. The quantitative estimate of drug-likeness (QED) is 0.498. The number of halogens is 1. The highest BCUT2D eigenvalue weighted by molar-refractivity contribution is 7.92. The van der Waals surface area contributed by atoms with Gasteiger partial charge in [-0.1, -0.05) is 24.3 Å². The molecule has 8 heteroatoms. The average Bonchev–Trinajstić information content (AvgIpc) is 2.69. The maximum atomic E-state index is 14.0. The first kappa shape index (κ1) is 24.7. The molecule has 2 aromatic carbocycles. The Kier molecular flexibility index (Phi) is 9.30. The number of nitrogens with zero attached hydrogens (tertiary/aromatic N) is 1. The number of sulfonamides is 1. The number of ether oxygens (including phenoxy) is 1. The van der Waals surface area contributed by atoms with Crippen LogP contribution in [0.4, 0.5) is 10.1 Å². The lowest BCUT2D eigenvalue weighted by atomic mass is 10.1. The molecule has 31 heavy (non-hydrogen) atoms. The second-order valence-corrected chi connectivity index (χ2v) is 9.56. The molecule has 0 bridgehead atoms. The van der Waals surface area contributed by atoms with Crippen LogP contribution in [0.5, 0.6) is 5.75 Å². The van der Waals surface area contributed by atoms with E-state index >= 15 is 0 Å². The molecule has 0 atom stereocenters. The normalized spacial score (nSPS) is 11.4. The van der Waals surface area contributed by atoms with Crippen LogP contribution < -0.4 is 14.4 Å². The third-order valence-corrected chi connectivity index (χ3v) is 5.73. The lowest BCUT2D eigenvalue weighted by Gasteiger charge is -2.22. The van der Waals surface area contributed by atoms with E-state index in [2.05, 4.69) is 5.32 Å². The van der Waals surface area contributed by atoms with Gasteiger partial charge in [-0.25, -0.2) is 12.8 Å². The van der Waals surface area contributed by atoms with Gasteiger partial charge < -0.3 is 10.1 Å². The number of anilines is 1. The van der Waals surface area contributed by atoms with Crippen LogP contribution in [0.2, 0.25) is 0 Å². The molecule has 0 aliphatic carbocycles. The van der Waals surface area contributed by atoms with Crippen molar-refractivity contribution < 1.29 is 22.3 Å². The molecule has 1 amide bonds. The van der Waals surface area contributed by atoms with Crippen LogP contribution in [0.25, 0.3) is 0 Å². The van der Waals surface area contributed by atoms with Crippen molar-refractivity contribution in [3.05, 3.63) is 59.9 Å². The summed E-state index contributed by atoms with van der Waals surface area (Å²) in [6, 6.07) is 13.6. The number of rotatable bonds is 12. The minimum absolute atomic E-state index is 0.00443. The second kappa shape index (κ2) is 11.7. The standard InChI is InChI=1S/C23H31FN2O4S/c1-18(2)30-20-14-12-19(13-15-20)8-6-16-25-23(27)11-7-17-26(31(3,28)29)22-10-5-4-9-21(22)24/h4-5,9-10,12-15,18H,6-8,11,16-17H2,1-3H3,(H,25,27). The maximum Gasteiger partial charge on any atom is 0.232 e. The summed E-state index contributed by atoms with van der Waals surface area (Å²) < 4.78 is 44.7. The van der Waals surface area contributed by atoms with Crippen molar-refractivity contribution in [3.8, 4) is 5.75 Å². The molecule has 0 saturated heterocycles. The van der Waals surface area contributed by atoms with Crippen LogP contribution in [0.1, 0.15) is 38.7 Å². The Morgan fingerprint density at radius 2 is 1.77 bits per heavy atom. The van der Waals surface area contributed by atoms with Crippen molar-refractivity contribution in [2.75, 3.05) is 23.7 Å². The van der Waals surface area contributed by atoms with Gasteiger partial charge in [-0.3, -0.25) is 9.10 Å². The number of benzene rings is 2. The van der Waals surface area contributed by atoms with E-state index in [9.17, 15) is 17.6 Å². The number of amides is 1. The fourth-order valence-electron chi connectivity index (χ4n) is 3.12. The molecule has 0 radical (unpaired) electrons. The van der Waals surface area contributed by atoms with Crippen LogP contribution in [-0.2, 0) is 21.2 Å². The Labute approximate surface area is 184 Å². The Morgan fingerprint density at radius 1 is 1.10 bits per heavy atom. The van der Waals surface area contributed by atoms with Crippen molar-refractivity contribution in [1.29, 1.82) is 0 Å². The van der Waals surface area contributed by atoms with Crippen LogP contribution in [-0.4, -0.2) is 39.8 Å². The number of hydrogen-bond acceptors (Lipinski definition) is 4. The Balaban J connectivity index is 1.72. The maximum absolute atomic E-state index is 14.0. The summed E-state index contributed by atoms with van der Waals surface area (Å²) in [7, 11) is -3.65. The Hall–Kier alpha value is -2.61. The van der Waals surface area contributed by atoms with Gasteiger partial charge in [0.15, 0.2) is 0 Å². The topological polar surface area (TPSA) is 75.7 Å². The molecule has 0 aliphatic heterocycles. The van der Waals surface area contributed by atoms with E-state index in [0.717, 1.165) is 29.2 Å². The molecule has 6 nitrogen and oxygen atoms in total. The van der Waals surface area contributed by atoms with Gasteiger partial charge >= 0.3 is 0 Å². The molecule has 0 fully saturated rings. The number of aryl methyl sites for hydroxylation is 1. The summed E-state index contributed by atoms with van der Waals surface area (Å²) in [5.41, 5.74) is 1.16. The molecular formula is C23H31FN2O4S. The SMILES string of the molecule is CC(C)Oc1ccc(CCCNC(=O)CCCN(c2ccccc2F)S(C)(=O)=O)cc1. The van der Waals surface area contributed by atoms with E-state index in [1.807, 2.05) is 38.1 Å². The highest BCUT2D eigenvalue weighted by Gasteiger charge is 2.20. The molecule has 0 unspecified atom stereocenters. The van der Waals surface area contributed by atoms with E-state index in [-0.39, 0.29) is 30.7 Å². The first-order valence-corrected chi connectivity index (χ1v) is 12.3. The third-order valence-electron chi connectivity index (χ3n) is 4.55. The van der Waals surface area contributed by atoms with Crippen molar-refractivity contribution in [3.63, 3.8) is 0 Å².